The largest absolute Gasteiger partial charge is 0.467 e. The summed E-state index contributed by atoms with van der Waals surface area (Å²) in [5.74, 6) is 0.0586. The molecule has 2 unspecified atom stereocenters. The highest BCUT2D eigenvalue weighted by atomic mass is 16.5. The Morgan fingerprint density at radius 2 is 2.37 bits per heavy atom. The van der Waals surface area contributed by atoms with E-state index in [1.54, 1.807) is 0 Å². The van der Waals surface area contributed by atoms with Crippen molar-refractivity contribution in [3.05, 3.63) is 0 Å². The number of esters is 1. The van der Waals surface area contributed by atoms with Crippen LogP contribution in [0.25, 0.3) is 0 Å². The summed E-state index contributed by atoms with van der Waals surface area (Å²) in [6.45, 7) is 2.70. The fourth-order valence-electron chi connectivity index (χ4n) is 2.70. The lowest BCUT2D eigenvalue weighted by Crippen LogP contribution is -2.55. The number of nitrogens with one attached hydrogen (secondary N) is 2. The van der Waals surface area contributed by atoms with E-state index in [4.69, 9.17) is 9.47 Å². The van der Waals surface area contributed by atoms with Crippen LogP contribution < -0.4 is 10.6 Å². The van der Waals surface area contributed by atoms with E-state index >= 15 is 0 Å². The second-order valence-corrected chi connectivity index (χ2v) is 5.32. The van der Waals surface area contributed by atoms with Crippen molar-refractivity contribution < 1.29 is 19.1 Å². The highest BCUT2D eigenvalue weighted by Crippen LogP contribution is 2.21. The van der Waals surface area contributed by atoms with Crippen LogP contribution in [0.2, 0.25) is 0 Å². The fraction of sp³-hybridized carbons (Fsp3) is 0.846. The van der Waals surface area contributed by atoms with Gasteiger partial charge in [-0.2, -0.15) is 0 Å². The molecule has 2 aliphatic heterocycles. The number of hydrogen-bond donors (Lipinski definition) is 2. The summed E-state index contributed by atoms with van der Waals surface area (Å²) in [4.78, 5) is 23.8. The van der Waals surface area contributed by atoms with Crippen LogP contribution in [0.4, 0.5) is 0 Å². The summed E-state index contributed by atoms with van der Waals surface area (Å²) < 4.78 is 10.0. The van der Waals surface area contributed by atoms with Crippen LogP contribution in [0.1, 0.15) is 25.7 Å². The van der Waals surface area contributed by atoms with Crippen molar-refractivity contribution in [1.29, 1.82) is 0 Å². The maximum Gasteiger partial charge on any atom is 0.334 e. The van der Waals surface area contributed by atoms with Crippen molar-refractivity contribution in [1.82, 2.24) is 10.6 Å². The zero-order valence-electron chi connectivity index (χ0n) is 11.4. The third kappa shape index (κ3) is 3.45. The zero-order valence-corrected chi connectivity index (χ0v) is 11.4. The number of hydrogen-bond acceptors (Lipinski definition) is 5. The molecule has 2 N–H and O–H groups in total. The van der Waals surface area contributed by atoms with Crippen LogP contribution in [0.3, 0.4) is 0 Å². The number of methoxy groups -OCH3 is 1. The second kappa shape index (κ2) is 6.34. The first-order chi connectivity index (χ1) is 9.16. The Kier molecular flexibility index (Phi) is 4.76. The number of carbonyl (C=O) groups is 2. The summed E-state index contributed by atoms with van der Waals surface area (Å²) in [7, 11) is 1.33. The molecule has 0 aliphatic carbocycles. The first kappa shape index (κ1) is 14.3. The van der Waals surface area contributed by atoms with Gasteiger partial charge in [0.1, 0.15) is 0 Å². The van der Waals surface area contributed by atoms with Crippen LogP contribution >= 0.6 is 0 Å². The Balaban J connectivity index is 1.83. The van der Waals surface area contributed by atoms with Crippen LogP contribution in [-0.4, -0.2) is 50.8 Å². The van der Waals surface area contributed by atoms with E-state index in [2.05, 4.69) is 10.6 Å². The lowest BCUT2D eigenvalue weighted by molar-refractivity contribution is -0.151. The van der Waals surface area contributed by atoms with E-state index in [9.17, 15) is 9.59 Å². The highest BCUT2D eigenvalue weighted by Gasteiger charge is 2.44. The molecule has 0 bridgehead atoms. The first-order valence-electron chi connectivity index (χ1n) is 6.84. The Morgan fingerprint density at radius 1 is 1.53 bits per heavy atom. The maximum atomic E-state index is 12.0. The summed E-state index contributed by atoms with van der Waals surface area (Å²) in [6, 6.07) is 0. The molecule has 108 valence electrons. The van der Waals surface area contributed by atoms with E-state index in [1.165, 1.54) is 7.11 Å². The van der Waals surface area contributed by atoms with Crippen LogP contribution in [0.15, 0.2) is 0 Å². The minimum absolute atomic E-state index is 0.0946. The van der Waals surface area contributed by atoms with Gasteiger partial charge in [0.15, 0.2) is 5.54 Å². The van der Waals surface area contributed by atoms with Gasteiger partial charge in [-0.3, -0.25) is 4.79 Å². The van der Waals surface area contributed by atoms with Crippen molar-refractivity contribution in [3.8, 4) is 0 Å². The molecule has 0 saturated carbocycles. The van der Waals surface area contributed by atoms with Gasteiger partial charge in [0, 0.05) is 19.4 Å². The van der Waals surface area contributed by atoms with Gasteiger partial charge < -0.3 is 20.1 Å². The number of ether oxygens (including phenoxy) is 2. The SMILES string of the molecule is COC(=O)C1(NC(=O)CCC2CCNC2)CCOC1. The van der Waals surface area contributed by atoms with Gasteiger partial charge in [-0.05, 0) is 31.8 Å². The van der Waals surface area contributed by atoms with Crippen molar-refractivity contribution in [2.75, 3.05) is 33.4 Å². The zero-order chi connectivity index (χ0) is 13.7. The molecule has 0 aromatic carbocycles. The summed E-state index contributed by atoms with van der Waals surface area (Å²) in [6.07, 6.45) is 2.91. The molecule has 6 nitrogen and oxygen atoms in total. The quantitative estimate of drug-likeness (QED) is 0.678. The third-order valence-corrected chi connectivity index (χ3v) is 3.92. The Hall–Kier alpha value is -1.14. The molecule has 0 radical (unpaired) electrons. The van der Waals surface area contributed by atoms with E-state index in [0.29, 0.717) is 25.4 Å². The van der Waals surface area contributed by atoms with E-state index in [1.807, 2.05) is 0 Å². The standard InChI is InChI=1S/C13H22N2O4/c1-18-12(17)13(5-7-19-9-13)15-11(16)3-2-10-4-6-14-8-10/h10,14H,2-9H2,1H3,(H,15,16). The van der Waals surface area contributed by atoms with Gasteiger partial charge in [0.2, 0.25) is 5.91 Å². The van der Waals surface area contributed by atoms with E-state index in [0.717, 1.165) is 25.9 Å². The Morgan fingerprint density at radius 3 is 2.95 bits per heavy atom. The van der Waals surface area contributed by atoms with Gasteiger partial charge in [-0.25, -0.2) is 4.79 Å². The van der Waals surface area contributed by atoms with Crippen molar-refractivity contribution in [3.63, 3.8) is 0 Å². The predicted octanol–water partition coefficient (Wildman–Crippen LogP) is -0.176. The average Bonchev–Trinajstić information content (AvgIpc) is 3.07. The monoisotopic (exact) mass is 270 g/mol. The normalized spacial score (nSPS) is 30.3. The maximum absolute atomic E-state index is 12.0. The Bertz CT molecular complexity index is 334. The molecule has 6 heteroatoms. The summed E-state index contributed by atoms with van der Waals surface area (Å²) >= 11 is 0. The minimum atomic E-state index is -0.972. The van der Waals surface area contributed by atoms with Gasteiger partial charge in [0.05, 0.1) is 13.7 Å². The summed E-state index contributed by atoms with van der Waals surface area (Å²) in [5, 5.41) is 6.09. The molecule has 2 rings (SSSR count). The minimum Gasteiger partial charge on any atom is -0.467 e. The topological polar surface area (TPSA) is 76.7 Å². The molecular formula is C13H22N2O4. The van der Waals surface area contributed by atoms with Gasteiger partial charge >= 0.3 is 5.97 Å². The van der Waals surface area contributed by atoms with Gasteiger partial charge in [-0.15, -0.1) is 0 Å². The predicted molar refractivity (Wildman–Crippen MR) is 68.5 cm³/mol. The van der Waals surface area contributed by atoms with Gasteiger partial charge in [0.25, 0.3) is 0 Å². The average molecular weight is 270 g/mol. The lowest BCUT2D eigenvalue weighted by Gasteiger charge is -2.25. The van der Waals surface area contributed by atoms with Crippen LogP contribution in [-0.2, 0) is 19.1 Å². The molecule has 2 fully saturated rings. The molecular weight excluding hydrogens is 248 g/mol. The molecule has 2 atom stereocenters. The van der Waals surface area contributed by atoms with Crippen molar-refractivity contribution in [2.45, 2.75) is 31.2 Å². The molecule has 1 amide bonds. The number of carbonyl (C=O) groups excluding carboxylic acids is 2. The first-order valence-corrected chi connectivity index (χ1v) is 6.84. The third-order valence-electron chi connectivity index (χ3n) is 3.92. The molecule has 19 heavy (non-hydrogen) atoms. The molecule has 0 aromatic heterocycles. The number of amides is 1. The van der Waals surface area contributed by atoms with Crippen molar-refractivity contribution >= 4 is 11.9 Å². The smallest absolute Gasteiger partial charge is 0.334 e. The Labute approximate surface area is 113 Å². The molecule has 2 saturated heterocycles. The van der Waals surface area contributed by atoms with E-state index < -0.39 is 11.5 Å². The van der Waals surface area contributed by atoms with Crippen LogP contribution in [0, 0.1) is 5.92 Å². The number of rotatable bonds is 5. The van der Waals surface area contributed by atoms with Crippen LogP contribution in [0.5, 0.6) is 0 Å². The highest BCUT2D eigenvalue weighted by molar-refractivity contribution is 5.88. The fourth-order valence-corrected chi connectivity index (χ4v) is 2.70. The van der Waals surface area contributed by atoms with Crippen molar-refractivity contribution in [2.24, 2.45) is 5.92 Å². The molecule has 2 heterocycles. The second-order valence-electron chi connectivity index (χ2n) is 5.32. The van der Waals surface area contributed by atoms with E-state index in [-0.39, 0.29) is 12.5 Å². The van der Waals surface area contributed by atoms with Gasteiger partial charge in [-0.1, -0.05) is 0 Å². The molecule has 0 aromatic rings. The molecule has 2 aliphatic rings. The lowest BCUT2D eigenvalue weighted by atomic mass is 9.97. The summed E-state index contributed by atoms with van der Waals surface area (Å²) in [5.41, 5.74) is -0.972. The molecule has 0 spiro atoms.